The molecule has 2 aromatic carbocycles. The molecule has 0 spiro atoms. The lowest BCUT2D eigenvalue weighted by atomic mass is 10.1. The minimum absolute atomic E-state index is 0.0235. The van der Waals surface area contributed by atoms with Gasteiger partial charge in [0, 0.05) is 36.2 Å². The molecule has 36 heavy (non-hydrogen) atoms. The quantitative estimate of drug-likeness (QED) is 0.328. The van der Waals surface area contributed by atoms with Crippen LogP contribution in [0.3, 0.4) is 0 Å². The largest absolute Gasteiger partial charge is 0.489 e. The highest BCUT2D eigenvalue weighted by Crippen LogP contribution is 2.34. The summed E-state index contributed by atoms with van der Waals surface area (Å²) in [5.41, 5.74) is 3.66. The number of esters is 1. The SMILES string of the molecule is CC(C)Oc1ccc(-c2nc(-c3cccc4c(CCOC(=O)[C@@H]5CCCN5)cn(C)c34)no2)cc1Cl. The summed E-state index contributed by atoms with van der Waals surface area (Å²) in [6.07, 6.45) is 4.56. The zero-order valence-corrected chi connectivity index (χ0v) is 21.3. The lowest BCUT2D eigenvalue weighted by Gasteiger charge is -2.11. The fraction of sp³-hybridized carbons (Fsp3) is 0.370. The van der Waals surface area contributed by atoms with Gasteiger partial charge in [0.2, 0.25) is 5.82 Å². The average Bonchev–Trinajstić information content (AvgIpc) is 3.61. The molecule has 4 aromatic rings. The highest BCUT2D eigenvalue weighted by molar-refractivity contribution is 6.32. The van der Waals surface area contributed by atoms with Crippen molar-refractivity contribution in [3.05, 3.63) is 53.2 Å². The highest BCUT2D eigenvalue weighted by atomic mass is 35.5. The smallest absolute Gasteiger partial charge is 0.323 e. The van der Waals surface area contributed by atoms with Crippen molar-refractivity contribution in [2.75, 3.05) is 13.2 Å². The molecular formula is C27H29ClN4O4. The number of rotatable bonds is 8. The van der Waals surface area contributed by atoms with Crippen LogP contribution in [0.25, 0.3) is 33.7 Å². The van der Waals surface area contributed by atoms with Gasteiger partial charge < -0.3 is 23.9 Å². The lowest BCUT2D eigenvalue weighted by Crippen LogP contribution is -2.32. The molecule has 8 nitrogen and oxygen atoms in total. The van der Waals surface area contributed by atoms with Crippen LogP contribution in [-0.4, -0.2) is 46.0 Å². The maximum atomic E-state index is 12.2. The normalized spacial score (nSPS) is 15.6. The Morgan fingerprint density at radius 2 is 2.17 bits per heavy atom. The van der Waals surface area contributed by atoms with E-state index < -0.39 is 0 Å². The Kier molecular flexibility index (Phi) is 6.98. The molecule has 1 aliphatic heterocycles. The van der Waals surface area contributed by atoms with Crippen molar-refractivity contribution in [1.29, 1.82) is 0 Å². The number of fused-ring (bicyclic) bond motifs is 1. The van der Waals surface area contributed by atoms with Crippen LogP contribution in [0.2, 0.25) is 5.02 Å². The highest BCUT2D eigenvalue weighted by Gasteiger charge is 2.23. The van der Waals surface area contributed by atoms with Crippen molar-refractivity contribution in [3.8, 4) is 28.6 Å². The van der Waals surface area contributed by atoms with Gasteiger partial charge in [0.15, 0.2) is 0 Å². The number of hydrogen-bond acceptors (Lipinski definition) is 7. The summed E-state index contributed by atoms with van der Waals surface area (Å²) in [5, 5.41) is 8.97. The Morgan fingerprint density at radius 1 is 1.31 bits per heavy atom. The Morgan fingerprint density at radius 3 is 2.92 bits per heavy atom. The standard InChI is InChI=1S/C27H29ClN4O4/c1-16(2)35-23-10-9-17(14-21(23)28)26-30-25(31-36-26)20-7-4-6-19-18(15-32(3)24(19)20)11-13-34-27(33)22-8-5-12-29-22/h4,6-7,9-10,14-16,22,29H,5,8,11-13H2,1-3H3/t22-/m0/s1. The Labute approximate surface area is 214 Å². The number of nitrogens with zero attached hydrogens (tertiary/aromatic N) is 3. The van der Waals surface area contributed by atoms with Crippen LogP contribution in [0.5, 0.6) is 5.75 Å². The third-order valence-electron chi connectivity index (χ3n) is 6.25. The number of halogens is 1. The molecule has 5 rings (SSSR count). The molecule has 9 heteroatoms. The second-order valence-corrected chi connectivity index (χ2v) is 9.68. The summed E-state index contributed by atoms with van der Waals surface area (Å²) in [7, 11) is 1.98. The van der Waals surface area contributed by atoms with Gasteiger partial charge in [-0.2, -0.15) is 4.98 Å². The number of ether oxygens (including phenoxy) is 2. The summed E-state index contributed by atoms with van der Waals surface area (Å²) in [4.78, 5) is 16.9. The fourth-order valence-corrected chi connectivity index (χ4v) is 4.84. The minimum atomic E-state index is -0.176. The molecule has 0 bridgehead atoms. The Hall–Kier alpha value is -3.36. The van der Waals surface area contributed by atoms with Crippen LogP contribution < -0.4 is 10.1 Å². The van der Waals surface area contributed by atoms with E-state index in [4.69, 9.17) is 25.6 Å². The molecule has 1 N–H and O–H groups in total. The van der Waals surface area contributed by atoms with E-state index in [1.54, 1.807) is 12.1 Å². The van der Waals surface area contributed by atoms with E-state index in [2.05, 4.69) is 27.7 Å². The molecule has 2 aromatic heterocycles. The predicted octanol–water partition coefficient (Wildman–Crippen LogP) is 5.17. The van der Waals surface area contributed by atoms with E-state index in [0.29, 0.717) is 41.1 Å². The topological polar surface area (TPSA) is 91.4 Å². The maximum Gasteiger partial charge on any atom is 0.323 e. The summed E-state index contributed by atoms with van der Waals surface area (Å²) in [5.74, 6) is 1.31. The zero-order chi connectivity index (χ0) is 25.2. The predicted molar refractivity (Wildman–Crippen MR) is 138 cm³/mol. The number of aromatic nitrogens is 3. The third kappa shape index (κ3) is 4.96. The van der Waals surface area contributed by atoms with Gasteiger partial charge in [-0.05, 0) is 63.1 Å². The molecule has 1 aliphatic rings. The Balaban J connectivity index is 1.36. The number of carbonyl (C=O) groups is 1. The van der Waals surface area contributed by atoms with E-state index in [-0.39, 0.29) is 18.1 Å². The van der Waals surface area contributed by atoms with Gasteiger partial charge in [-0.1, -0.05) is 28.9 Å². The van der Waals surface area contributed by atoms with Gasteiger partial charge in [0.1, 0.15) is 11.8 Å². The first-order valence-electron chi connectivity index (χ1n) is 12.2. The fourth-order valence-electron chi connectivity index (χ4n) is 4.61. The summed E-state index contributed by atoms with van der Waals surface area (Å²) in [6.45, 7) is 5.10. The zero-order valence-electron chi connectivity index (χ0n) is 20.6. The second-order valence-electron chi connectivity index (χ2n) is 9.27. The van der Waals surface area contributed by atoms with Crippen molar-refractivity contribution in [1.82, 2.24) is 20.0 Å². The van der Waals surface area contributed by atoms with E-state index >= 15 is 0 Å². The van der Waals surface area contributed by atoms with Gasteiger partial charge in [-0.15, -0.1) is 0 Å². The number of nitrogens with one attached hydrogen (secondary N) is 1. The van der Waals surface area contributed by atoms with E-state index in [9.17, 15) is 4.79 Å². The number of hydrogen-bond donors (Lipinski definition) is 1. The van der Waals surface area contributed by atoms with Crippen LogP contribution in [-0.2, 0) is 23.0 Å². The molecule has 1 saturated heterocycles. The molecule has 0 radical (unpaired) electrons. The molecule has 0 saturated carbocycles. The molecule has 0 aliphatic carbocycles. The van der Waals surface area contributed by atoms with Crippen LogP contribution in [0.1, 0.15) is 32.3 Å². The van der Waals surface area contributed by atoms with Gasteiger partial charge >= 0.3 is 5.97 Å². The average molecular weight is 509 g/mol. The molecule has 1 atom stereocenters. The maximum absolute atomic E-state index is 12.2. The van der Waals surface area contributed by atoms with Gasteiger partial charge in [-0.3, -0.25) is 4.79 Å². The number of para-hydroxylation sites is 1. The van der Waals surface area contributed by atoms with Crippen LogP contribution >= 0.6 is 11.6 Å². The van der Waals surface area contributed by atoms with Crippen molar-refractivity contribution in [3.63, 3.8) is 0 Å². The van der Waals surface area contributed by atoms with Gasteiger partial charge in [0.05, 0.1) is 23.3 Å². The summed E-state index contributed by atoms with van der Waals surface area (Å²) < 4.78 is 18.9. The minimum Gasteiger partial charge on any atom is -0.489 e. The molecule has 0 unspecified atom stereocenters. The van der Waals surface area contributed by atoms with Crippen LogP contribution in [0, 0.1) is 0 Å². The number of carbonyl (C=O) groups excluding carboxylic acids is 1. The molecule has 188 valence electrons. The lowest BCUT2D eigenvalue weighted by molar-refractivity contribution is -0.145. The first-order chi connectivity index (χ1) is 17.4. The molecular weight excluding hydrogens is 480 g/mol. The summed E-state index contributed by atoms with van der Waals surface area (Å²) >= 11 is 6.39. The Bertz CT molecular complexity index is 1390. The van der Waals surface area contributed by atoms with Crippen molar-refractivity contribution >= 4 is 28.5 Å². The first kappa shape index (κ1) is 24.3. The number of aryl methyl sites for hydroxylation is 1. The third-order valence-corrected chi connectivity index (χ3v) is 6.55. The molecule has 1 fully saturated rings. The van der Waals surface area contributed by atoms with E-state index in [1.165, 1.54) is 0 Å². The van der Waals surface area contributed by atoms with Gasteiger partial charge in [-0.25, -0.2) is 0 Å². The molecule has 0 amide bonds. The van der Waals surface area contributed by atoms with Gasteiger partial charge in [0.25, 0.3) is 5.89 Å². The first-order valence-corrected chi connectivity index (χ1v) is 12.6. The molecule has 3 heterocycles. The second kappa shape index (κ2) is 10.3. The van der Waals surface area contributed by atoms with E-state index in [1.807, 2.05) is 43.7 Å². The van der Waals surface area contributed by atoms with Crippen molar-refractivity contribution in [2.24, 2.45) is 7.05 Å². The monoisotopic (exact) mass is 508 g/mol. The van der Waals surface area contributed by atoms with Crippen LogP contribution in [0.4, 0.5) is 0 Å². The summed E-state index contributed by atoms with van der Waals surface area (Å²) in [6, 6.07) is 11.2. The van der Waals surface area contributed by atoms with Crippen molar-refractivity contribution < 1.29 is 18.8 Å². The van der Waals surface area contributed by atoms with Crippen LogP contribution in [0.15, 0.2) is 47.1 Å². The van der Waals surface area contributed by atoms with E-state index in [0.717, 1.165) is 41.4 Å². The number of benzene rings is 2. The van der Waals surface area contributed by atoms with Crippen molar-refractivity contribution in [2.45, 2.75) is 45.3 Å².